The zero-order valence-electron chi connectivity index (χ0n) is 8.16. The smallest absolute Gasteiger partial charge is 0.251 e. The van der Waals surface area contributed by atoms with E-state index in [0.29, 0.717) is 11.4 Å². The molecule has 78 valence electrons. The van der Waals surface area contributed by atoms with E-state index < -0.39 is 5.91 Å². The summed E-state index contributed by atoms with van der Waals surface area (Å²) in [6, 6.07) is 5.27. The van der Waals surface area contributed by atoms with E-state index in [2.05, 4.69) is 10.1 Å². The number of rotatable bonds is 2. The average molecular weight is 213 g/mol. The molecule has 1 amide bonds. The van der Waals surface area contributed by atoms with Crippen LogP contribution in [0.4, 0.5) is 0 Å². The Morgan fingerprint density at radius 2 is 2.38 bits per heavy atom. The number of nitrogens with two attached hydrogens (primary N) is 1. The molecule has 0 saturated carbocycles. The summed E-state index contributed by atoms with van der Waals surface area (Å²) in [6.07, 6.45) is 4.31. The fourth-order valence-electron chi connectivity index (χ4n) is 1.23. The third kappa shape index (κ3) is 1.62. The summed E-state index contributed by atoms with van der Waals surface area (Å²) in [4.78, 5) is 14.9. The lowest BCUT2D eigenvalue weighted by Gasteiger charge is -2.00. The number of nitrogens with zero attached hydrogens (tertiary/aromatic N) is 4. The van der Waals surface area contributed by atoms with E-state index in [1.807, 2.05) is 6.07 Å². The van der Waals surface area contributed by atoms with Gasteiger partial charge in [-0.15, -0.1) is 0 Å². The number of amides is 1. The van der Waals surface area contributed by atoms with E-state index in [1.54, 1.807) is 18.3 Å². The molecule has 2 aromatic heterocycles. The number of nitriles is 1. The van der Waals surface area contributed by atoms with E-state index in [-0.39, 0.29) is 5.56 Å². The Morgan fingerprint density at radius 1 is 1.56 bits per heavy atom. The highest BCUT2D eigenvalue weighted by molar-refractivity contribution is 5.92. The first-order valence-electron chi connectivity index (χ1n) is 4.42. The number of primary amides is 1. The van der Waals surface area contributed by atoms with Crippen LogP contribution in [0.15, 0.2) is 30.7 Å². The monoisotopic (exact) mass is 213 g/mol. The van der Waals surface area contributed by atoms with Crippen molar-refractivity contribution in [3.05, 3.63) is 41.9 Å². The van der Waals surface area contributed by atoms with Gasteiger partial charge in [0.2, 0.25) is 0 Å². The van der Waals surface area contributed by atoms with Crippen LogP contribution < -0.4 is 5.73 Å². The summed E-state index contributed by atoms with van der Waals surface area (Å²) >= 11 is 0. The van der Waals surface area contributed by atoms with Crippen molar-refractivity contribution in [3.8, 4) is 11.9 Å². The summed E-state index contributed by atoms with van der Waals surface area (Å²) < 4.78 is 1.35. The summed E-state index contributed by atoms with van der Waals surface area (Å²) in [5, 5.41) is 12.8. The Hall–Kier alpha value is -2.68. The number of aromatic nitrogens is 3. The first-order chi connectivity index (χ1) is 7.72. The first-order valence-corrected chi connectivity index (χ1v) is 4.42. The molecule has 0 fully saturated rings. The highest BCUT2D eigenvalue weighted by Gasteiger charge is 2.09. The second kappa shape index (κ2) is 3.82. The zero-order valence-corrected chi connectivity index (χ0v) is 8.16. The maximum absolute atomic E-state index is 10.9. The maximum atomic E-state index is 10.9. The standard InChI is InChI=1S/C10H7N5O/c11-4-7-2-1-3-13-10(7)15-6-8(5-14-15)9(12)16/h1-3,5-6H,(H2,12,16). The molecule has 0 aliphatic carbocycles. The Balaban J connectivity index is 2.51. The number of carbonyl (C=O) groups is 1. The summed E-state index contributed by atoms with van der Waals surface area (Å²) in [5.74, 6) is -0.196. The minimum atomic E-state index is -0.569. The van der Waals surface area contributed by atoms with Crippen LogP contribution in [0.1, 0.15) is 15.9 Å². The van der Waals surface area contributed by atoms with Gasteiger partial charge in [0, 0.05) is 12.4 Å². The minimum absolute atomic E-state index is 0.273. The topological polar surface area (TPSA) is 97.6 Å². The van der Waals surface area contributed by atoms with E-state index in [0.717, 1.165) is 0 Å². The van der Waals surface area contributed by atoms with E-state index in [9.17, 15) is 4.79 Å². The average Bonchev–Trinajstić information content (AvgIpc) is 2.78. The molecule has 0 bridgehead atoms. The van der Waals surface area contributed by atoms with Crippen LogP contribution in [0.2, 0.25) is 0 Å². The highest BCUT2D eigenvalue weighted by Crippen LogP contribution is 2.09. The van der Waals surface area contributed by atoms with Crippen molar-refractivity contribution < 1.29 is 4.79 Å². The third-order valence-corrected chi connectivity index (χ3v) is 1.99. The van der Waals surface area contributed by atoms with Crippen molar-refractivity contribution in [1.82, 2.24) is 14.8 Å². The van der Waals surface area contributed by atoms with Gasteiger partial charge < -0.3 is 5.73 Å². The van der Waals surface area contributed by atoms with Gasteiger partial charge in [-0.25, -0.2) is 9.67 Å². The van der Waals surface area contributed by atoms with Crippen LogP contribution in [-0.4, -0.2) is 20.7 Å². The van der Waals surface area contributed by atoms with Crippen molar-refractivity contribution in [3.63, 3.8) is 0 Å². The SMILES string of the molecule is N#Cc1cccnc1-n1cc(C(N)=O)cn1. The molecule has 16 heavy (non-hydrogen) atoms. The fraction of sp³-hybridized carbons (Fsp3) is 0. The maximum Gasteiger partial charge on any atom is 0.251 e. The fourth-order valence-corrected chi connectivity index (χ4v) is 1.23. The van der Waals surface area contributed by atoms with Crippen LogP contribution in [0.25, 0.3) is 5.82 Å². The van der Waals surface area contributed by atoms with E-state index >= 15 is 0 Å². The largest absolute Gasteiger partial charge is 0.366 e. The molecule has 2 aromatic rings. The van der Waals surface area contributed by atoms with Crippen molar-refractivity contribution in [2.75, 3.05) is 0 Å². The molecule has 0 aliphatic rings. The van der Waals surface area contributed by atoms with Gasteiger partial charge in [-0.1, -0.05) is 0 Å². The van der Waals surface area contributed by atoms with Crippen molar-refractivity contribution >= 4 is 5.91 Å². The van der Waals surface area contributed by atoms with Crippen LogP contribution in [-0.2, 0) is 0 Å². The molecule has 6 heteroatoms. The molecule has 0 spiro atoms. The van der Waals surface area contributed by atoms with Crippen molar-refractivity contribution in [1.29, 1.82) is 5.26 Å². The predicted octanol–water partition coefficient (Wildman–Crippen LogP) is 0.238. The van der Waals surface area contributed by atoms with Gasteiger partial charge in [-0.05, 0) is 12.1 Å². The molecular formula is C10H7N5O. The quantitative estimate of drug-likeness (QED) is 0.772. The normalized spacial score (nSPS) is 9.69. The van der Waals surface area contributed by atoms with Gasteiger partial charge in [-0.3, -0.25) is 4.79 Å². The molecule has 2 heterocycles. The summed E-state index contributed by atoms with van der Waals surface area (Å²) in [5.41, 5.74) is 5.75. The van der Waals surface area contributed by atoms with Gasteiger partial charge in [-0.2, -0.15) is 10.4 Å². The molecule has 2 N–H and O–H groups in total. The number of hydrogen-bond acceptors (Lipinski definition) is 4. The molecular weight excluding hydrogens is 206 g/mol. The lowest BCUT2D eigenvalue weighted by atomic mass is 10.3. The van der Waals surface area contributed by atoms with E-state index in [1.165, 1.54) is 17.1 Å². The second-order valence-electron chi connectivity index (χ2n) is 3.02. The van der Waals surface area contributed by atoms with Gasteiger partial charge >= 0.3 is 0 Å². The summed E-state index contributed by atoms with van der Waals surface area (Å²) in [6.45, 7) is 0. The Labute approximate surface area is 90.9 Å². The second-order valence-corrected chi connectivity index (χ2v) is 3.02. The Kier molecular flexibility index (Phi) is 2.36. The highest BCUT2D eigenvalue weighted by atomic mass is 16.1. The third-order valence-electron chi connectivity index (χ3n) is 1.99. The van der Waals surface area contributed by atoms with Crippen LogP contribution in [0.3, 0.4) is 0 Å². The van der Waals surface area contributed by atoms with Gasteiger partial charge in [0.15, 0.2) is 5.82 Å². The molecule has 0 atom stereocenters. The predicted molar refractivity (Wildman–Crippen MR) is 54.6 cm³/mol. The van der Waals surface area contributed by atoms with E-state index in [4.69, 9.17) is 11.0 Å². The van der Waals surface area contributed by atoms with Crippen LogP contribution >= 0.6 is 0 Å². The summed E-state index contributed by atoms with van der Waals surface area (Å²) in [7, 11) is 0. The molecule has 6 nitrogen and oxygen atoms in total. The number of pyridine rings is 1. The van der Waals surface area contributed by atoms with Gasteiger partial charge in [0.25, 0.3) is 5.91 Å². The Bertz CT molecular complexity index is 581. The van der Waals surface area contributed by atoms with Crippen molar-refractivity contribution in [2.45, 2.75) is 0 Å². The molecule has 0 aromatic carbocycles. The molecule has 2 rings (SSSR count). The Morgan fingerprint density at radius 3 is 3.00 bits per heavy atom. The van der Waals surface area contributed by atoms with Gasteiger partial charge in [0.05, 0.1) is 17.3 Å². The molecule has 0 unspecified atom stereocenters. The lowest BCUT2D eigenvalue weighted by molar-refractivity contribution is 0.100. The molecule has 0 aliphatic heterocycles. The molecule has 0 radical (unpaired) electrons. The lowest BCUT2D eigenvalue weighted by Crippen LogP contribution is -2.09. The minimum Gasteiger partial charge on any atom is -0.366 e. The van der Waals surface area contributed by atoms with Crippen LogP contribution in [0.5, 0.6) is 0 Å². The first kappa shape index (κ1) is 9.86. The van der Waals surface area contributed by atoms with Crippen molar-refractivity contribution in [2.24, 2.45) is 5.73 Å². The number of carbonyl (C=O) groups excluding carboxylic acids is 1. The van der Waals surface area contributed by atoms with Gasteiger partial charge in [0.1, 0.15) is 6.07 Å². The number of hydrogen-bond donors (Lipinski definition) is 1. The zero-order chi connectivity index (χ0) is 11.5. The molecule has 0 saturated heterocycles. The van der Waals surface area contributed by atoms with Crippen LogP contribution in [0, 0.1) is 11.3 Å².